The van der Waals surface area contributed by atoms with Gasteiger partial charge in [-0.2, -0.15) is 5.10 Å². The number of nitrogens with zero attached hydrogens (tertiary/aromatic N) is 4. The van der Waals surface area contributed by atoms with E-state index in [0.717, 1.165) is 10.8 Å². The second-order valence-electron chi connectivity index (χ2n) is 4.66. The van der Waals surface area contributed by atoms with Crippen LogP contribution in [0.15, 0.2) is 12.3 Å². The second kappa shape index (κ2) is 6.47. The van der Waals surface area contributed by atoms with Gasteiger partial charge in [0.2, 0.25) is 5.01 Å². The number of carbonyl (C=O) groups is 1. The van der Waals surface area contributed by atoms with Gasteiger partial charge in [0.1, 0.15) is 10.8 Å². The number of aromatic nitrogens is 4. The van der Waals surface area contributed by atoms with E-state index in [0.29, 0.717) is 24.0 Å². The molecule has 2 heterocycles. The fraction of sp³-hybridized carbons (Fsp3) is 0.500. The van der Waals surface area contributed by atoms with E-state index >= 15 is 0 Å². The van der Waals surface area contributed by atoms with Crippen molar-refractivity contribution in [3.05, 3.63) is 22.3 Å². The zero-order valence-electron chi connectivity index (χ0n) is 11.8. The molecule has 1 amide bonds. The van der Waals surface area contributed by atoms with Gasteiger partial charge in [-0.05, 0) is 0 Å². The van der Waals surface area contributed by atoms with E-state index in [2.05, 4.69) is 25.9 Å². The van der Waals surface area contributed by atoms with Gasteiger partial charge in [0, 0.05) is 38.3 Å². The summed E-state index contributed by atoms with van der Waals surface area (Å²) in [6.07, 6.45) is 1.86. The summed E-state index contributed by atoms with van der Waals surface area (Å²) in [7, 11) is 1.86. The van der Waals surface area contributed by atoms with Crippen LogP contribution in [0.1, 0.15) is 34.6 Å². The zero-order valence-corrected chi connectivity index (χ0v) is 12.6. The van der Waals surface area contributed by atoms with Gasteiger partial charge in [-0.15, -0.1) is 10.2 Å². The average molecular weight is 294 g/mol. The fourth-order valence-electron chi connectivity index (χ4n) is 1.51. The Kier molecular flexibility index (Phi) is 4.67. The van der Waals surface area contributed by atoms with Crippen LogP contribution in [-0.2, 0) is 7.05 Å². The van der Waals surface area contributed by atoms with Crippen LogP contribution >= 0.6 is 11.3 Å². The molecular weight excluding hydrogens is 276 g/mol. The third-order valence-corrected chi connectivity index (χ3v) is 3.78. The SMILES string of the molecule is CC(C)c1nnc(C(=O)NCCNc2ccn(C)n2)s1. The molecule has 0 atom stereocenters. The minimum atomic E-state index is -0.183. The number of hydrogen-bond donors (Lipinski definition) is 2. The minimum Gasteiger partial charge on any atom is -0.367 e. The lowest BCUT2D eigenvalue weighted by molar-refractivity contribution is 0.0954. The van der Waals surface area contributed by atoms with Crippen molar-refractivity contribution in [3.63, 3.8) is 0 Å². The maximum Gasteiger partial charge on any atom is 0.282 e. The van der Waals surface area contributed by atoms with E-state index in [-0.39, 0.29) is 5.91 Å². The van der Waals surface area contributed by atoms with Crippen molar-refractivity contribution in [3.8, 4) is 0 Å². The molecule has 2 aromatic heterocycles. The first-order valence-electron chi connectivity index (χ1n) is 6.41. The Morgan fingerprint density at radius 1 is 1.40 bits per heavy atom. The molecule has 7 nitrogen and oxygen atoms in total. The molecule has 0 unspecified atom stereocenters. The molecule has 0 radical (unpaired) electrons. The van der Waals surface area contributed by atoms with Gasteiger partial charge >= 0.3 is 0 Å². The van der Waals surface area contributed by atoms with Gasteiger partial charge in [0.25, 0.3) is 5.91 Å². The number of nitrogens with one attached hydrogen (secondary N) is 2. The lowest BCUT2D eigenvalue weighted by Crippen LogP contribution is -2.28. The molecule has 8 heteroatoms. The molecule has 0 bridgehead atoms. The standard InChI is InChI=1S/C12H18N6OS/c1-8(2)11-15-16-12(20-11)10(19)14-6-5-13-9-4-7-18(3)17-9/h4,7-8H,5-6H2,1-3H3,(H,13,17)(H,14,19). The lowest BCUT2D eigenvalue weighted by Gasteiger charge is -2.03. The number of amides is 1. The normalized spacial score (nSPS) is 10.8. The minimum absolute atomic E-state index is 0.183. The third kappa shape index (κ3) is 3.77. The highest BCUT2D eigenvalue weighted by molar-refractivity contribution is 7.13. The van der Waals surface area contributed by atoms with Crippen molar-refractivity contribution in [1.29, 1.82) is 0 Å². The molecule has 20 heavy (non-hydrogen) atoms. The Labute approximate surface area is 121 Å². The summed E-state index contributed by atoms with van der Waals surface area (Å²) >= 11 is 1.34. The Hall–Kier alpha value is -1.96. The first-order chi connectivity index (χ1) is 9.56. The number of hydrogen-bond acceptors (Lipinski definition) is 6. The summed E-state index contributed by atoms with van der Waals surface area (Å²) in [5.41, 5.74) is 0. The van der Waals surface area contributed by atoms with E-state index in [1.165, 1.54) is 11.3 Å². The molecule has 0 aliphatic heterocycles. The summed E-state index contributed by atoms with van der Waals surface area (Å²) in [6.45, 7) is 5.17. The highest BCUT2D eigenvalue weighted by Crippen LogP contribution is 2.18. The first kappa shape index (κ1) is 14.4. The van der Waals surface area contributed by atoms with Gasteiger partial charge in [-0.1, -0.05) is 25.2 Å². The smallest absolute Gasteiger partial charge is 0.282 e. The molecule has 0 saturated heterocycles. The summed E-state index contributed by atoms with van der Waals surface area (Å²) in [4.78, 5) is 11.8. The van der Waals surface area contributed by atoms with Crippen LogP contribution in [-0.4, -0.2) is 39.0 Å². The Morgan fingerprint density at radius 3 is 2.80 bits per heavy atom. The van der Waals surface area contributed by atoms with Gasteiger partial charge < -0.3 is 10.6 Å². The molecular formula is C12H18N6OS. The molecule has 2 N–H and O–H groups in total. The molecule has 2 rings (SSSR count). The van der Waals surface area contributed by atoms with E-state index in [1.54, 1.807) is 4.68 Å². The number of carbonyl (C=O) groups excluding carboxylic acids is 1. The molecule has 0 aliphatic rings. The maximum absolute atomic E-state index is 11.8. The summed E-state index contributed by atoms with van der Waals surface area (Å²) in [6, 6.07) is 1.88. The van der Waals surface area contributed by atoms with Crippen LogP contribution in [0.3, 0.4) is 0 Å². The van der Waals surface area contributed by atoms with Crippen molar-refractivity contribution in [2.75, 3.05) is 18.4 Å². The van der Waals surface area contributed by atoms with Gasteiger partial charge in [-0.3, -0.25) is 9.48 Å². The molecule has 0 fully saturated rings. The van der Waals surface area contributed by atoms with E-state index in [4.69, 9.17) is 0 Å². The number of rotatable bonds is 6. The Morgan fingerprint density at radius 2 is 2.20 bits per heavy atom. The molecule has 0 aromatic carbocycles. The Balaban J connectivity index is 1.74. The van der Waals surface area contributed by atoms with Crippen LogP contribution in [0.5, 0.6) is 0 Å². The highest BCUT2D eigenvalue weighted by atomic mass is 32.1. The predicted octanol–water partition coefficient (Wildman–Crippen LogP) is 1.24. The summed E-state index contributed by atoms with van der Waals surface area (Å²) < 4.78 is 1.72. The van der Waals surface area contributed by atoms with Crippen LogP contribution < -0.4 is 10.6 Å². The van der Waals surface area contributed by atoms with E-state index in [1.807, 2.05) is 33.2 Å². The number of aryl methyl sites for hydroxylation is 1. The second-order valence-corrected chi connectivity index (χ2v) is 5.67. The number of anilines is 1. The monoisotopic (exact) mass is 294 g/mol. The molecule has 108 valence electrons. The van der Waals surface area contributed by atoms with Crippen LogP contribution in [0.4, 0.5) is 5.82 Å². The van der Waals surface area contributed by atoms with Gasteiger partial charge in [0.05, 0.1) is 0 Å². The summed E-state index contributed by atoms with van der Waals surface area (Å²) in [5.74, 6) is 0.900. The predicted molar refractivity (Wildman–Crippen MR) is 78.0 cm³/mol. The molecule has 2 aromatic rings. The lowest BCUT2D eigenvalue weighted by atomic mass is 10.2. The highest BCUT2D eigenvalue weighted by Gasteiger charge is 2.13. The summed E-state index contributed by atoms with van der Waals surface area (Å²) in [5, 5.41) is 19.3. The van der Waals surface area contributed by atoms with Crippen LogP contribution in [0, 0.1) is 0 Å². The van der Waals surface area contributed by atoms with Gasteiger partial charge in [-0.25, -0.2) is 0 Å². The fourth-order valence-corrected chi connectivity index (χ4v) is 2.27. The van der Waals surface area contributed by atoms with Crippen LogP contribution in [0.2, 0.25) is 0 Å². The van der Waals surface area contributed by atoms with Crippen molar-refractivity contribution in [2.45, 2.75) is 19.8 Å². The average Bonchev–Trinajstić information content (AvgIpc) is 3.03. The molecule has 0 aliphatic carbocycles. The molecule has 0 spiro atoms. The topological polar surface area (TPSA) is 84.7 Å². The maximum atomic E-state index is 11.8. The quantitative estimate of drug-likeness (QED) is 0.783. The molecule has 0 saturated carbocycles. The van der Waals surface area contributed by atoms with Crippen molar-refractivity contribution >= 4 is 23.1 Å². The zero-order chi connectivity index (χ0) is 14.5. The third-order valence-electron chi connectivity index (χ3n) is 2.56. The van der Waals surface area contributed by atoms with Crippen LogP contribution in [0.25, 0.3) is 0 Å². The van der Waals surface area contributed by atoms with E-state index in [9.17, 15) is 4.79 Å². The van der Waals surface area contributed by atoms with Crippen molar-refractivity contribution < 1.29 is 4.79 Å². The van der Waals surface area contributed by atoms with E-state index < -0.39 is 0 Å². The van der Waals surface area contributed by atoms with Gasteiger partial charge in [0.15, 0.2) is 0 Å². The Bertz CT molecular complexity index is 576. The largest absolute Gasteiger partial charge is 0.367 e. The first-order valence-corrected chi connectivity index (χ1v) is 7.23. The van der Waals surface area contributed by atoms with Crippen molar-refractivity contribution in [2.24, 2.45) is 7.05 Å². The van der Waals surface area contributed by atoms with Crippen molar-refractivity contribution in [1.82, 2.24) is 25.3 Å².